The molecule has 0 bridgehead atoms. The Morgan fingerprint density at radius 2 is 1.86 bits per heavy atom. The molecule has 0 aliphatic heterocycles. The van der Waals surface area contributed by atoms with Gasteiger partial charge in [-0.3, -0.25) is 0 Å². The van der Waals surface area contributed by atoms with E-state index in [9.17, 15) is 26.0 Å². The van der Waals surface area contributed by atoms with Crippen molar-refractivity contribution in [1.82, 2.24) is 4.31 Å². The molecular formula is C12H16FNO6S2. The molecule has 0 amide bonds. The predicted octanol–water partition coefficient (Wildman–Crippen LogP) is 0.578. The average Bonchev–Trinajstić information content (AvgIpc) is 2.35. The molecule has 22 heavy (non-hydrogen) atoms. The predicted molar refractivity (Wildman–Crippen MR) is 77.5 cm³/mol. The van der Waals surface area contributed by atoms with Crippen LogP contribution in [0.5, 0.6) is 0 Å². The minimum Gasteiger partial charge on any atom is -0.478 e. The minimum atomic E-state index is -4.28. The lowest BCUT2D eigenvalue weighted by Gasteiger charge is -2.23. The van der Waals surface area contributed by atoms with E-state index in [0.29, 0.717) is 6.07 Å². The lowest BCUT2D eigenvalue weighted by molar-refractivity contribution is 0.0696. The van der Waals surface area contributed by atoms with Crippen LogP contribution in [0.3, 0.4) is 0 Å². The molecule has 1 atom stereocenters. The molecular weight excluding hydrogens is 337 g/mol. The highest BCUT2D eigenvalue weighted by atomic mass is 32.2. The van der Waals surface area contributed by atoms with E-state index in [4.69, 9.17) is 5.11 Å². The molecule has 0 saturated carbocycles. The number of aromatic carboxylic acids is 1. The van der Waals surface area contributed by atoms with Crippen molar-refractivity contribution in [2.45, 2.75) is 17.9 Å². The Hall–Kier alpha value is -1.52. The van der Waals surface area contributed by atoms with E-state index in [1.165, 1.54) is 6.92 Å². The standard InChI is InChI=1S/C12H16FNO6S2/c1-8(7-21(3,17)18)14(2)22(19,20)11-5-4-9(12(15)16)6-10(11)13/h4-6,8H,7H2,1-3H3,(H,15,16). The summed E-state index contributed by atoms with van der Waals surface area (Å²) < 4.78 is 61.7. The highest BCUT2D eigenvalue weighted by Crippen LogP contribution is 2.21. The van der Waals surface area contributed by atoms with E-state index in [0.717, 1.165) is 29.7 Å². The largest absolute Gasteiger partial charge is 0.478 e. The van der Waals surface area contributed by atoms with Crippen molar-refractivity contribution in [2.75, 3.05) is 19.1 Å². The second kappa shape index (κ2) is 6.31. The van der Waals surface area contributed by atoms with Gasteiger partial charge in [-0.25, -0.2) is 26.0 Å². The zero-order valence-electron chi connectivity index (χ0n) is 12.1. The topological polar surface area (TPSA) is 109 Å². The van der Waals surface area contributed by atoms with Crippen LogP contribution in [0.4, 0.5) is 4.39 Å². The van der Waals surface area contributed by atoms with Gasteiger partial charge in [0.2, 0.25) is 10.0 Å². The third kappa shape index (κ3) is 4.24. The van der Waals surface area contributed by atoms with Crippen LogP contribution in [0, 0.1) is 5.82 Å². The number of hydrogen-bond acceptors (Lipinski definition) is 5. The highest BCUT2D eigenvalue weighted by Gasteiger charge is 2.30. The van der Waals surface area contributed by atoms with Gasteiger partial charge >= 0.3 is 5.97 Å². The van der Waals surface area contributed by atoms with Gasteiger partial charge in [0.1, 0.15) is 20.5 Å². The van der Waals surface area contributed by atoms with Gasteiger partial charge in [0.15, 0.2) is 0 Å². The van der Waals surface area contributed by atoms with Crippen molar-refractivity contribution >= 4 is 25.8 Å². The van der Waals surface area contributed by atoms with Gasteiger partial charge in [-0.15, -0.1) is 0 Å². The zero-order valence-corrected chi connectivity index (χ0v) is 13.8. The monoisotopic (exact) mass is 353 g/mol. The third-order valence-electron chi connectivity index (χ3n) is 3.00. The normalized spacial score (nSPS) is 14.0. The molecule has 0 radical (unpaired) electrons. The molecule has 1 aromatic rings. The fourth-order valence-corrected chi connectivity index (χ4v) is 4.38. The van der Waals surface area contributed by atoms with Crippen molar-refractivity contribution in [2.24, 2.45) is 0 Å². The summed E-state index contributed by atoms with van der Waals surface area (Å²) in [5.74, 6) is -3.02. The van der Waals surface area contributed by atoms with Gasteiger partial charge < -0.3 is 5.11 Å². The van der Waals surface area contributed by atoms with Crippen molar-refractivity contribution in [3.63, 3.8) is 0 Å². The van der Waals surface area contributed by atoms with E-state index >= 15 is 0 Å². The van der Waals surface area contributed by atoms with Crippen LogP contribution >= 0.6 is 0 Å². The van der Waals surface area contributed by atoms with Gasteiger partial charge in [0.25, 0.3) is 0 Å². The summed E-state index contributed by atoms with van der Waals surface area (Å²) in [5, 5.41) is 8.73. The number of benzene rings is 1. The lowest BCUT2D eigenvalue weighted by Crippen LogP contribution is -2.39. The Morgan fingerprint density at radius 1 is 1.32 bits per heavy atom. The van der Waals surface area contributed by atoms with Gasteiger partial charge in [0.05, 0.1) is 11.3 Å². The molecule has 0 aliphatic carbocycles. The Balaban J connectivity index is 3.21. The summed E-state index contributed by atoms with van der Waals surface area (Å²) in [6, 6.07) is 1.51. The van der Waals surface area contributed by atoms with Crippen LogP contribution in [-0.4, -0.2) is 57.3 Å². The molecule has 0 fully saturated rings. The molecule has 0 spiro atoms. The molecule has 1 rings (SSSR count). The van der Waals surface area contributed by atoms with Gasteiger partial charge in [-0.05, 0) is 25.1 Å². The Bertz CT molecular complexity index is 788. The second-order valence-electron chi connectivity index (χ2n) is 4.91. The average molecular weight is 353 g/mol. The minimum absolute atomic E-state index is 0.386. The number of sulfonamides is 1. The van der Waals surface area contributed by atoms with Crippen LogP contribution in [-0.2, 0) is 19.9 Å². The van der Waals surface area contributed by atoms with Crippen molar-refractivity contribution in [3.05, 3.63) is 29.6 Å². The Labute approximate surface area is 128 Å². The van der Waals surface area contributed by atoms with Gasteiger partial charge in [0, 0.05) is 19.3 Å². The first-order valence-electron chi connectivity index (χ1n) is 6.05. The summed E-state index contributed by atoms with van der Waals surface area (Å²) in [4.78, 5) is 10.0. The first-order chi connectivity index (χ1) is 9.86. The lowest BCUT2D eigenvalue weighted by atomic mass is 10.2. The first-order valence-corrected chi connectivity index (χ1v) is 9.55. The van der Waals surface area contributed by atoms with Crippen LogP contribution in [0.1, 0.15) is 17.3 Å². The van der Waals surface area contributed by atoms with Gasteiger partial charge in [-0.2, -0.15) is 4.31 Å². The zero-order chi connectivity index (χ0) is 17.3. The SMILES string of the molecule is CC(CS(C)(=O)=O)N(C)S(=O)(=O)c1ccc(C(=O)O)cc1F. The molecule has 124 valence electrons. The molecule has 0 heterocycles. The van der Waals surface area contributed by atoms with Crippen LogP contribution in [0.25, 0.3) is 0 Å². The van der Waals surface area contributed by atoms with E-state index in [1.807, 2.05) is 0 Å². The van der Waals surface area contributed by atoms with Crippen LogP contribution < -0.4 is 0 Å². The molecule has 10 heteroatoms. The van der Waals surface area contributed by atoms with Crippen LogP contribution in [0.2, 0.25) is 0 Å². The van der Waals surface area contributed by atoms with E-state index in [2.05, 4.69) is 0 Å². The van der Waals surface area contributed by atoms with Gasteiger partial charge in [-0.1, -0.05) is 0 Å². The molecule has 0 aliphatic rings. The van der Waals surface area contributed by atoms with Crippen molar-refractivity contribution in [3.8, 4) is 0 Å². The molecule has 7 nitrogen and oxygen atoms in total. The number of sulfone groups is 1. The first kappa shape index (κ1) is 18.5. The van der Waals surface area contributed by atoms with Crippen molar-refractivity contribution < 1.29 is 31.1 Å². The smallest absolute Gasteiger partial charge is 0.335 e. The number of carbonyl (C=O) groups is 1. The molecule has 1 N–H and O–H groups in total. The maximum atomic E-state index is 13.9. The molecule has 1 unspecified atom stereocenters. The maximum absolute atomic E-state index is 13.9. The van der Waals surface area contributed by atoms with E-state index in [1.54, 1.807) is 0 Å². The maximum Gasteiger partial charge on any atom is 0.335 e. The Kier molecular flexibility index (Phi) is 5.31. The molecule has 0 saturated heterocycles. The van der Waals surface area contributed by atoms with Crippen molar-refractivity contribution in [1.29, 1.82) is 0 Å². The van der Waals surface area contributed by atoms with Crippen LogP contribution in [0.15, 0.2) is 23.1 Å². The van der Waals surface area contributed by atoms with E-state index < -0.39 is 48.3 Å². The number of carboxylic acids is 1. The summed E-state index contributed by atoms with van der Waals surface area (Å²) in [6.45, 7) is 1.38. The number of halogens is 1. The number of hydrogen-bond donors (Lipinski definition) is 1. The summed E-state index contributed by atoms with van der Waals surface area (Å²) in [7, 11) is -6.56. The Morgan fingerprint density at radius 3 is 2.27 bits per heavy atom. The third-order valence-corrected chi connectivity index (χ3v) is 6.09. The fraction of sp³-hybridized carbons (Fsp3) is 0.417. The fourth-order valence-electron chi connectivity index (χ4n) is 1.78. The number of carboxylic acid groups (broad SMARTS) is 1. The second-order valence-corrected chi connectivity index (χ2v) is 9.06. The van der Waals surface area contributed by atoms with E-state index in [-0.39, 0.29) is 5.56 Å². The molecule has 1 aromatic carbocycles. The quantitative estimate of drug-likeness (QED) is 0.801. The molecule has 0 aromatic heterocycles. The highest BCUT2D eigenvalue weighted by molar-refractivity contribution is 7.91. The summed E-state index contributed by atoms with van der Waals surface area (Å²) in [6.07, 6.45) is 0.964. The summed E-state index contributed by atoms with van der Waals surface area (Å²) in [5.41, 5.74) is -0.386. The summed E-state index contributed by atoms with van der Waals surface area (Å²) >= 11 is 0. The number of rotatable bonds is 6. The number of nitrogens with zero attached hydrogens (tertiary/aromatic N) is 1.